The maximum Gasteiger partial charge on any atom is 0.265 e. The Labute approximate surface area is 122 Å². The zero-order chi connectivity index (χ0) is 14.9. The van der Waals surface area contributed by atoms with Gasteiger partial charge in [-0.2, -0.15) is 5.10 Å². The number of aromatic nitrogens is 4. The Kier molecular flexibility index (Phi) is 4.10. The van der Waals surface area contributed by atoms with Crippen LogP contribution in [0.15, 0.2) is 17.3 Å². The van der Waals surface area contributed by atoms with Gasteiger partial charge in [-0.15, -0.1) is 0 Å². The highest BCUT2D eigenvalue weighted by molar-refractivity contribution is 8.13. The van der Waals surface area contributed by atoms with Crippen LogP contribution < -0.4 is 0 Å². The Morgan fingerprint density at radius 1 is 1.25 bits per heavy atom. The standard InChI is InChI=1S/C12H15ClN4O2S/c1-4-9-12(20(13,18)19)10(5-2)17(16-9)11-6-8(3)14-7-15-11/h6-7H,4-5H2,1-3H3. The van der Waals surface area contributed by atoms with Crippen LogP contribution in [0.4, 0.5) is 0 Å². The number of halogens is 1. The summed E-state index contributed by atoms with van der Waals surface area (Å²) in [6.45, 7) is 5.52. The Morgan fingerprint density at radius 2 is 1.95 bits per heavy atom. The molecule has 0 spiro atoms. The van der Waals surface area contributed by atoms with E-state index in [-0.39, 0.29) is 4.90 Å². The lowest BCUT2D eigenvalue weighted by Gasteiger charge is -2.05. The number of hydrogen-bond donors (Lipinski definition) is 0. The highest BCUT2D eigenvalue weighted by atomic mass is 35.7. The molecular weight excluding hydrogens is 300 g/mol. The molecule has 0 bridgehead atoms. The first-order valence-corrected chi connectivity index (χ1v) is 8.53. The van der Waals surface area contributed by atoms with Gasteiger partial charge in [0.05, 0.1) is 11.4 Å². The van der Waals surface area contributed by atoms with E-state index in [0.29, 0.717) is 30.0 Å². The molecule has 0 aromatic carbocycles. The minimum Gasteiger partial charge on any atom is -0.242 e. The molecule has 0 unspecified atom stereocenters. The van der Waals surface area contributed by atoms with Crippen LogP contribution in [0.5, 0.6) is 0 Å². The van der Waals surface area contributed by atoms with Gasteiger partial charge in [-0.05, 0) is 19.8 Å². The second kappa shape index (κ2) is 5.49. The number of hydrogen-bond acceptors (Lipinski definition) is 5. The molecular formula is C12H15ClN4O2S. The molecule has 20 heavy (non-hydrogen) atoms. The van der Waals surface area contributed by atoms with Crippen LogP contribution in [-0.4, -0.2) is 28.2 Å². The normalized spacial score (nSPS) is 11.8. The molecule has 0 atom stereocenters. The van der Waals surface area contributed by atoms with Gasteiger partial charge in [-0.1, -0.05) is 13.8 Å². The Morgan fingerprint density at radius 3 is 2.45 bits per heavy atom. The third kappa shape index (κ3) is 2.69. The third-order valence-electron chi connectivity index (χ3n) is 2.92. The SMILES string of the molecule is CCc1nn(-c2cc(C)ncn2)c(CC)c1S(=O)(=O)Cl. The predicted molar refractivity (Wildman–Crippen MR) is 75.7 cm³/mol. The van der Waals surface area contributed by atoms with Crippen LogP contribution in [0.3, 0.4) is 0 Å². The van der Waals surface area contributed by atoms with Crippen molar-refractivity contribution < 1.29 is 8.42 Å². The first-order chi connectivity index (χ1) is 9.38. The van der Waals surface area contributed by atoms with Crippen molar-refractivity contribution in [2.75, 3.05) is 0 Å². The van der Waals surface area contributed by atoms with Gasteiger partial charge in [0, 0.05) is 22.4 Å². The summed E-state index contributed by atoms with van der Waals surface area (Å²) >= 11 is 0. The molecule has 0 aliphatic heterocycles. The van der Waals surface area contributed by atoms with Crippen molar-refractivity contribution in [2.24, 2.45) is 0 Å². The van der Waals surface area contributed by atoms with Crippen molar-refractivity contribution in [1.82, 2.24) is 19.7 Å². The fraction of sp³-hybridized carbons (Fsp3) is 0.417. The zero-order valence-electron chi connectivity index (χ0n) is 11.5. The van der Waals surface area contributed by atoms with E-state index in [1.165, 1.54) is 11.0 Å². The van der Waals surface area contributed by atoms with E-state index in [1.807, 2.05) is 20.8 Å². The van der Waals surface area contributed by atoms with Crippen LogP contribution in [0.25, 0.3) is 5.82 Å². The van der Waals surface area contributed by atoms with Gasteiger partial charge in [0.2, 0.25) is 0 Å². The van der Waals surface area contributed by atoms with E-state index in [9.17, 15) is 8.42 Å². The van der Waals surface area contributed by atoms with Gasteiger partial charge >= 0.3 is 0 Å². The summed E-state index contributed by atoms with van der Waals surface area (Å²) in [5, 5.41) is 4.34. The smallest absolute Gasteiger partial charge is 0.242 e. The van der Waals surface area contributed by atoms with Gasteiger partial charge < -0.3 is 0 Å². The summed E-state index contributed by atoms with van der Waals surface area (Å²) in [5.74, 6) is 0.538. The van der Waals surface area contributed by atoms with Crippen LogP contribution in [-0.2, 0) is 21.9 Å². The highest BCUT2D eigenvalue weighted by Crippen LogP contribution is 2.27. The summed E-state index contributed by atoms with van der Waals surface area (Å²) in [6, 6.07) is 1.75. The molecule has 2 aromatic rings. The van der Waals surface area contributed by atoms with Gasteiger partial charge in [0.25, 0.3) is 9.05 Å². The molecule has 0 saturated heterocycles. The molecule has 2 heterocycles. The quantitative estimate of drug-likeness (QED) is 0.807. The van der Waals surface area contributed by atoms with Gasteiger partial charge in [0.15, 0.2) is 5.82 Å². The molecule has 0 fully saturated rings. The van der Waals surface area contributed by atoms with Crippen LogP contribution in [0.2, 0.25) is 0 Å². The second-order valence-corrected chi connectivity index (χ2v) is 6.80. The lowest BCUT2D eigenvalue weighted by molar-refractivity contribution is 0.607. The van der Waals surface area contributed by atoms with Crippen LogP contribution in [0.1, 0.15) is 30.9 Å². The van der Waals surface area contributed by atoms with Crippen molar-refractivity contribution in [3.05, 3.63) is 29.5 Å². The minimum atomic E-state index is -3.84. The lowest BCUT2D eigenvalue weighted by Crippen LogP contribution is -2.06. The van der Waals surface area contributed by atoms with E-state index in [1.54, 1.807) is 6.07 Å². The van der Waals surface area contributed by atoms with Crippen LogP contribution in [0, 0.1) is 6.92 Å². The largest absolute Gasteiger partial charge is 0.265 e. The first kappa shape index (κ1) is 14.9. The monoisotopic (exact) mass is 314 g/mol. The van der Waals surface area contributed by atoms with Crippen molar-refractivity contribution >= 4 is 19.7 Å². The van der Waals surface area contributed by atoms with Crippen molar-refractivity contribution in [2.45, 2.75) is 38.5 Å². The number of rotatable bonds is 4. The molecule has 0 aliphatic carbocycles. The lowest BCUT2D eigenvalue weighted by atomic mass is 10.2. The minimum absolute atomic E-state index is 0.0976. The molecule has 2 rings (SSSR count). The molecule has 0 aliphatic rings. The van der Waals surface area contributed by atoms with Gasteiger partial charge in [-0.3, -0.25) is 0 Å². The molecule has 108 valence electrons. The van der Waals surface area contributed by atoms with Crippen molar-refractivity contribution in [1.29, 1.82) is 0 Å². The third-order valence-corrected chi connectivity index (χ3v) is 4.34. The number of nitrogens with zero attached hydrogens (tertiary/aromatic N) is 4. The molecule has 6 nitrogen and oxygen atoms in total. The number of aryl methyl sites for hydroxylation is 2. The zero-order valence-corrected chi connectivity index (χ0v) is 13.0. The summed E-state index contributed by atoms with van der Waals surface area (Å²) in [6.07, 6.45) is 2.38. The molecule has 0 radical (unpaired) electrons. The van der Waals surface area contributed by atoms with E-state index >= 15 is 0 Å². The van der Waals surface area contributed by atoms with E-state index < -0.39 is 9.05 Å². The maximum absolute atomic E-state index is 11.8. The summed E-state index contributed by atoms with van der Waals surface area (Å²) in [7, 11) is 1.70. The molecule has 0 N–H and O–H groups in total. The fourth-order valence-electron chi connectivity index (χ4n) is 2.06. The summed E-state index contributed by atoms with van der Waals surface area (Å²) < 4.78 is 25.1. The highest BCUT2D eigenvalue weighted by Gasteiger charge is 2.26. The Balaban J connectivity index is 2.76. The average molecular weight is 315 g/mol. The van der Waals surface area contributed by atoms with E-state index in [0.717, 1.165) is 5.69 Å². The topological polar surface area (TPSA) is 77.7 Å². The van der Waals surface area contributed by atoms with Crippen molar-refractivity contribution in [3.63, 3.8) is 0 Å². The predicted octanol–water partition coefficient (Wildman–Crippen LogP) is 2.02. The average Bonchev–Trinajstić information content (AvgIpc) is 2.77. The Hall–Kier alpha value is -1.47. The van der Waals surface area contributed by atoms with E-state index in [4.69, 9.17) is 10.7 Å². The van der Waals surface area contributed by atoms with E-state index in [2.05, 4.69) is 15.1 Å². The fourth-order valence-corrected chi connectivity index (χ4v) is 3.57. The first-order valence-electron chi connectivity index (χ1n) is 6.22. The summed E-state index contributed by atoms with van der Waals surface area (Å²) in [4.78, 5) is 8.26. The van der Waals surface area contributed by atoms with Gasteiger partial charge in [0.1, 0.15) is 11.2 Å². The maximum atomic E-state index is 11.8. The van der Waals surface area contributed by atoms with Crippen LogP contribution >= 0.6 is 10.7 Å². The molecule has 0 amide bonds. The second-order valence-electron chi connectivity index (χ2n) is 4.30. The van der Waals surface area contributed by atoms with Gasteiger partial charge in [-0.25, -0.2) is 23.1 Å². The summed E-state index contributed by atoms with van der Waals surface area (Å²) in [5.41, 5.74) is 1.77. The Bertz CT molecular complexity index is 740. The molecule has 8 heteroatoms. The molecule has 0 saturated carbocycles. The molecule has 2 aromatic heterocycles. The van der Waals surface area contributed by atoms with Crippen molar-refractivity contribution in [3.8, 4) is 5.82 Å².